The van der Waals surface area contributed by atoms with Gasteiger partial charge in [-0.05, 0) is 80.4 Å². The molecule has 272 valence electrons. The highest BCUT2D eigenvalue weighted by Crippen LogP contribution is 2.32. The normalized spacial score (nSPS) is 13.3. The molecule has 0 amide bonds. The Morgan fingerprint density at radius 2 is 1.35 bits per heavy atom. The van der Waals surface area contributed by atoms with Crippen molar-refractivity contribution in [1.29, 1.82) is 0 Å². The smallest absolute Gasteiger partial charge is 0.0242 e. The Labute approximate surface area is 322 Å². The van der Waals surface area contributed by atoms with E-state index in [0.717, 1.165) is 24.0 Å². The van der Waals surface area contributed by atoms with E-state index in [4.69, 9.17) is 6.42 Å². The van der Waals surface area contributed by atoms with Gasteiger partial charge in [0.15, 0.2) is 0 Å². The highest BCUT2D eigenvalue weighted by molar-refractivity contribution is 7.07. The SMILES string of the molecule is C#Cc1ccc(CC2=C=C(c3ccc(C(C)(C)C=C4C=CC(c5ccccc5)=CC4)cc3)C=C2)cc1.CC.CCCC.CCCCC.c1ccsc1. The molecule has 0 bridgehead atoms. The van der Waals surface area contributed by atoms with Crippen LogP contribution in [-0.4, -0.2) is 0 Å². The monoisotopic (exact) mass is 706 g/mol. The molecule has 0 fully saturated rings. The third-order valence-corrected chi connectivity index (χ3v) is 9.15. The van der Waals surface area contributed by atoms with Crippen LogP contribution >= 0.6 is 11.3 Å². The molecule has 0 unspecified atom stereocenters. The van der Waals surface area contributed by atoms with Gasteiger partial charge in [-0.25, -0.2) is 0 Å². The van der Waals surface area contributed by atoms with E-state index in [2.05, 4.69) is 156 Å². The Kier molecular flexibility index (Phi) is 21.3. The van der Waals surface area contributed by atoms with Gasteiger partial charge in [0.1, 0.15) is 0 Å². The van der Waals surface area contributed by atoms with Crippen molar-refractivity contribution in [3.05, 3.63) is 183 Å². The van der Waals surface area contributed by atoms with Gasteiger partial charge in [-0.15, -0.1) is 12.2 Å². The van der Waals surface area contributed by atoms with Crippen molar-refractivity contribution in [2.45, 2.75) is 106 Å². The van der Waals surface area contributed by atoms with E-state index < -0.39 is 0 Å². The molecule has 3 aromatic carbocycles. The van der Waals surface area contributed by atoms with Gasteiger partial charge in [0.05, 0.1) is 0 Å². The first-order valence-electron chi connectivity index (χ1n) is 19.3. The van der Waals surface area contributed by atoms with Crippen molar-refractivity contribution in [2.75, 3.05) is 0 Å². The van der Waals surface area contributed by atoms with Crippen molar-refractivity contribution in [3.8, 4) is 12.3 Å². The largest absolute Gasteiger partial charge is 0.152 e. The molecule has 4 aromatic rings. The van der Waals surface area contributed by atoms with Gasteiger partial charge in [0, 0.05) is 23.0 Å². The lowest BCUT2D eigenvalue weighted by molar-refractivity contribution is 0.664. The lowest BCUT2D eigenvalue weighted by atomic mass is 9.81. The molecule has 1 heteroatoms. The Hall–Kier alpha value is -4.60. The number of thiophene rings is 1. The van der Waals surface area contributed by atoms with Crippen molar-refractivity contribution < 1.29 is 0 Å². The average molecular weight is 707 g/mol. The number of hydrogen-bond acceptors (Lipinski definition) is 1. The number of benzene rings is 3. The maximum Gasteiger partial charge on any atom is 0.0242 e. The number of allylic oxidation sites excluding steroid dienone is 9. The van der Waals surface area contributed by atoms with Gasteiger partial charge in [0.2, 0.25) is 0 Å². The third kappa shape index (κ3) is 15.7. The number of unbranched alkanes of at least 4 members (excludes halogenated alkanes) is 3. The van der Waals surface area contributed by atoms with Gasteiger partial charge in [0.25, 0.3) is 0 Å². The van der Waals surface area contributed by atoms with Crippen molar-refractivity contribution >= 4 is 22.5 Å². The summed E-state index contributed by atoms with van der Waals surface area (Å²) in [7, 11) is 0. The van der Waals surface area contributed by atoms with E-state index >= 15 is 0 Å². The maximum absolute atomic E-state index is 5.46. The molecule has 0 atom stereocenters. The van der Waals surface area contributed by atoms with Crippen LogP contribution in [-0.2, 0) is 11.8 Å². The summed E-state index contributed by atoms with van der Waals surface area (Å²) in [5.41, 5.74) is 14.5. The van der Waals surface area contributed by atoms with Gasteiger partial charge in [-0.3, -0.25) is 0 Å². The fourth-order valence-corrected chi connectivity index (χ4v) is 5.82. The summed E-state index contributed by atoms with van der Waals surface area (Å²) < 4.78 is 0. The minimum atomic E-state index is -0.0538. The summed E-state index contributed by atoms with van der Waals surface area (Å²) in [5.74, 6) is 2.67. The zero-order chi connectivity index (χ0) is 38.0. The summed E-state index contributed by atoms with van der Waals surface area (Å²) in [5, 5.41) is 4.08. The highest BCUT2D eigenvalue weighted by Gasteiger charge is 2.19. The van der Waals surface area contributed by atoms with E-state index in [-0.39, 0.29) is 5.41 Å². The first-order chi connectivity index (χ1) is 25.3. The minimum absolute atomic E-state index is 0.0538. The molecule has 1 heterocycles. The fraction of sp³-hybridized carbons (Fsp3) is 0.314. The Morgan fingerprint density at radius 1 is 0.712 bits per heavy atom. The highest BCUT2D eigenvalue weighted by atomic mass is 32.1. The fourth-order valence-electron chi connectivity index (χ4n) is 5.37. The first-order valence-corrected chi connectivity index (χ1v) is 20.2. The van der Waals surface area contributed by atoms with E-state index in [1.54, 1.807) is 11.3 Å². The third-order valence-electron chi connectivity index (χ3n) is 8.52. The topological polar surface area (TPSA) is 0 Å². The Balaban J connectivity index is 0.000000490. The van der Waals surface area contributed by atoms with Crippen LogP contribution in [0.5, 0.6) is 0 Å². The lowest BCUT2D eigenvalue weighted by Gasteiger charge is -2.23. The molecule has 6 rings (SSSR count). The molecule has 0 radical (unpaired) electrons. The molecule has 0 saturated heterocycles. The molecule has 1 aromatic heterocycles. The zero-order valence-corrected chi connectivity index (χ0v) is 34.0. The second-order valence-electron chi connectivity index (χ2n) is 13.1. The molecule has 0 N–H and O–H groups in total. The summed E-state index contributed by atoms with van der Waals surface area (Å²) in [6.07, 6.45) is 27.5. The Bertz CT molecular complexity index is 1750. The molecular formula is C51H62S. The van der Waals surface area contributed by atoms with Crippen LogP contribution in [0.1, 0.15) is 122 Å². The second kappa shape index (κ2) is 25.4. The van der Waals surface area contributed by atoms with Gasteiger partial charge >= 0.3 is 0 Å². The summed E-state index contributed by atoms with van der Waals surface area (Å²) in [4.78, 5) is 0. The molecule has 52 heavy (non-hydrogen) atoms. The lowest BCUT2D eigenvalue weighted by Crippen LogP contribution is -2.14. The van der Waals surface area contributed by atoms with Crippen LogP contribution in [0.3, 0.4) is 0 Å². The zero-order valence-electron chi connectivity index (χ0n) is 33.2. The number of rotatable bonds is 9. The predicted octanol–water partition coefficient (Wildman–Crippen LogP) is 15.4. The predicted molar refractivity (Wildman–Crippen MR) is 235 cm³/mol. The molecule has 2 aliphatic rings. The molecule has 0 saturated carbocycles. The van der Waals surface area contributed by atoms with Crippen molar-refractivity contribution in [1.82, 2.24) is 0 Å². The van der Waals surface area contributed by atoms with Crippen molar-refractivity contribution in [2.24, 2.45) is 0 Å². The molecule has 0 nitrogen and oxygen atoms in total. The summed E-state index contributed by atoms with van der Waals surface area (Å²) >= 11 is 1.71. The van der Waals surface area contributed by atoms with Crippen LogP contribution in [0.15, 0.2) is 155 Å². The maximum atomic E-state index is 5.46. The first kappa shape index (κ1) is 43.6. The average Bonchev–Trinajstić information content (AvgIpc) is 3.94. The van der Waals surface area contributed by atoms with Crippen LogP contribution in [0.4, 0.5) is 0 Å². The van der Waals surface area contributed by atoms with Gasteiger partial charge < -0.3 is 0 Å². The quantitative estimate of drug-likeness (QED) is 0.120. The summed E-state index contributed by atoms with van der Waals surface area (Å²) in [6, 6.07) is 31.8. The van der Waals surface area contributed by atoms with E-state index in [0.29, 0.717) is 0 Å². The molecule has 2 aliphatic carbocycles. The number of terminal acetylenes is 1. The van der Waals surface area contributed by atoms with Gasteiger partial charge in [-0.1, -0.05) is 197 Å². The van der Waals surface area contributed by atoms with E-state index in [1.807, 2.05) is 48.9 Å². The van der Waals surface area contributed by atoms with E-state index in [9.17, 15) is 0 Å². The van der Waals surface area contributed by atoms with Crippen LogP contribution in [0.25, 0.3) is 11.1 Å². The van der Waals surface area contributed by atoms with E-state index in [1.165, 1.54) is 71.1 Å². The second-order valence-corrected chi connectivity index (χ2v) is 14.0. The molecule has 0 aliphatic heterocycles. The van der Waals surface area contributed by atoms with Crippen molar-refractivity contribution in [3.63, 3.8) is 0 Å². The number of hydrogen-bond donors (Lipinski definition) is 0. The Morgan fingerprint density at radius 3 is 1.83 bits per heavy atom. The summed E-state index contributed by atoms with van der Waals surface area (Å²) in [6.45, 7) is 17.4. The molecular weight excluding hydrogens is 645 g/mol. The minimum Gasteiger partial charge on any atom is -0.152 e. The van der Waals surface area contributed by atoms with Crippen LogP contribution < -0.4 is 0 Å². The standard InChI is InChI=1S/C36H30.C5H12.C4H4S.C4H10.C2H6/c1-4-27-10-12-28(13-11-27)24-30-16-19-34(25-30)33-20-22-35(23-21-33)36(2,3)26-29-14-17-32(18-15-29)31-8-6-5-7-9-31;1-3-5-4-2;1-2-4-5-3-1;1-3-4-2;1-2/h1,5-14,16-23,26H,15,24H2,2-3H3;3-5H2,1-2H3;1-4H;3-4H2,1-2H3;1-2H3. The molecule has 0 spiro atoms. The van der Waals surface area contributed by atoms with Crippen LogP contribution in [0, 0.1) is 12.3 Å². The van der Waals surface area contributed by atoms with Gasteiger partial charge in [-0.2, -0.15) is 11.3 Å². The van der Waals surface area contributed by atoms with Crippen LogP contribution in [0.2, 0.25) is 0 Å².